The molecule has 156 valence electrons. The van der Waals surface area contributed by atoms with Crippen molar-refractivity contribution in [1.29, 1.82) is 0 Å². The van der Waals surface area contributed by atoms with Crippen LogP contribution in [0.5, 0.6) is 0 Å². The fourth-order valence-electron chi connectivity index (χ4n) is 2.76. The Bertz CT molecular complexity index is 1140. The Hall–Kier alpha value is -3.24. The molecule has 0 unspecified atom stereocenters. The van der Waals surface area contributed by atoms with Gasteiger partial charge in [-0.15, -0.1) is 11.3 Å². The minimum atomic E-state index is -4.01. The summed E-state index contributed by atoms with van der Waals surface area (Å²) in [5.74, 6) is -0.154. The molecule has 0 aliphatic rings. The smallest absolute Gasteiger partial charge is 0.270 e. The molecule has 0 radical (unpaired) electrons. The summed E-state index contributed by atoms with van der Waals surface area (Å²) in [7, 11) is -4.01. The summed E-state index contributed by atoms with van der Waals surface area (Å²) in [5.41, 5.74) is 0.371. The molecule has 1 amide bonds. The van der Waals surface area contributed by atoms with Gasteiger partial charge in [0.25, 0.3) is 21.6 Å². The highest BCUT2D eigenvalue weighted by atomic mass is 32.2. The number of thiophene rings is 1. The molecule has 2 aromatic carbocycles. The maximum absolute atomic E-state index is 12.7. The van der Waals surface area contributed by atoms with E-state index >= 15 is 0 Å². The van der Waals surface area contributed by atoms with Gasteiger partial charge in [-0.2, -0.15) is 0 Å². The molecule has 0 saturated heterocycles. The van der Waals surface area contributed by atoms with Crippen molar-refractivity contribution >= 4 is 38.6 Å². The molecule has 1 heterocycles. The van der Waals surface area contributed by atoms with Crippen LogP contribution in [0.15, 0.2) is 70.9 Å². The molecule has 30 heavy (non-hydrogen) atoms. The zero-order valence-electron chi connectivity index (χ0n) is 16.0. The Labute approximate surface area is 178 Å². The van der Waals surface area contributed by atoms with Gasteiger partial charge in [-0.05, 0) is 48.7 Å². The fraction of sp³-hybridized carbons (Fsp3) is 0.150. The van der Waals surface area contributed by atoms with Gasteiger partial charge in [-0.3, -0.25) is 19.6 Å². The van der Waals surface area contributed by atoms with Crippen LogP contribution in [0.1, 0.15) is 22.2 Å². The maximum Gasteiger partial charge on any atom is 0.270 e. The zero-order chi connectivity index (χ0) is 21.7. The van der Waals surface area contributed by atoms with E-state index in [0.717, 1.165) is 10.9 Å². The predicted octanol–water partition coefficient (Wildman–Crippen LogP) is 4.12. The van der Waals surface area contributed by atoms with E-state index in [4.69, 9.17) is 0 Å². The van der Waals surface area contributed by atoms with Crippen molar-refractivity contribution in [2.24, 2.45) is 0 Å². The molecule has 0 aliphatic carbocycles. The van der Waals surface area contributed by atoms with Gasteiger partial charge in [0.2, 0.25) is 0 Å². The molecular formula is C20H19N3O5S2. The number of nitrogens with zero attached hydrogens (tertiary/aromatic N) is 2. The van der Waals surface area contributed by atoms with Crippen molar-refractivity contribution in [3.05, 3.63) is 86.6 Å². The number of carbonyl (C=O) groups excluding carboxylic acids is 1. The Kier molecular flexibility index (Phi) is 6.48. The summed E-state index contributed by atoms with van der Waals surface area (Å²) in [5, 5.41) is 12.8. The Morgan fingerprint density at radius 3 is 2.47 bits per heavy atom. The molecule has 0 spiro atoms. The number of non-ortho nitro benzene ring substituents is 1. The van der Waals surface area contributed by atoms with Crippen LogP contribution in [0.3, 0.4) is 0 Å². The van der Waals surface area contributed by atoms with Crippen molar-refractivity contribution in [1.82, 2.24) is 4.90 Å². The number of nitro groups is 1. The van der Waals surface area contributed by atoms with E-state index in [-0.39, 0.29) is 22.2 Å². The second-order valence-electron chi connectivity index (χ2n) is 6.34. The van der Waals surface area contributed by atoms with Crippen LogP contribution in [-0.4, -0.2) is 30.7 Å². The first-order chi connectivity index (χ1) is 14.3. The third-order valence-corrected chi connectivity index (χ3v) is 6.56. The van der Waals surface area contributed by atoms with Gasteiger partial charge in [0.15, 0.2) is 0 Å². The molecule has 10 heteroatoms. The average molecular weight is 446 g/mol. The number of sulfonamides is 1. The molecule has 0 saturated carbocycles. The lowest BCUT2D eigenvalue weighted by Gasteiger charge is -2.20. The van der Waals surface area contributed by atoms with Gasteiger partial charge in [-0.1, -0.05) is 12.1 Å². The Morgan fingerprint density at radius 1 is 1.13 bits per heavy atom. The van der Waals surface area contributed by atoms with Crippen LogP contribution >= 0.6 is 11.3 Å². The Balaban J connectivity index is 1.74. The molecular weight excluding hydrogens is 426 g/mol. The third-order valence-electron chi connectivity index (χ3n) is 4.32. The molecule has 3 rings (SSSR count). The highest BCUT2D eigenvalue weighted by molar-refractivity contribution is 7.92. The second-order valence-corrected chi connectivity index (χ2v) is 9.05. The van der Waals surface area contributed by atoms with Gasteiger partial charge >= 0.3 is 0 Å². The number of hydrogen-bond donors (Lipinski definition) is 1. The van der Waals surface area contributed by atoms with Gasteiger partial charge < -0.3 is 4.90 Å². The minimum Gasteiger partial charge on any atom is -0.334 e. The number of anilines is 1. The van der Waals surface area contributed by atoms with Crippen molar-refractivity contribution in [3.8, 4) is 0 Å². The van der Waals surface area contributed by atoms with Crippen LogP contribution in [0, 0.1) is 10.1 Å². The molecule has 3 aromatic rings. The Morgan fingerprint density at radius 2 is 1.87 bits per heavy atom. The number of nitrogens with one attached hydrogen (secondary N) is 1. The molecule has 0 atom stereocenters. The average Bonchev–Trinajstić information content (AvgIpc) is 3.25. The van der Waals surface area contributed by atoms with Crippen molar-refractivity contribution in [2.45, 2.75) is 18.4 Å². The first-order valence-corrected chi connectivity index (χ1v) is 11.4. The van der Waals surface area contributed by atoms with Gasteiger partial charge in [0, 0.05) is 34.8 Å². The molecule has 1 aromatic heterocycles. The van der Waals surface area contributed by atoms with Crippen molar-refractivity contribution in [2.75, 3.05) is 11.3 Å². The van der Waals surface area contributed by atoms with Crippen LogP contribution in [0.4, 0.5) is 11.4 Å². The topological polar surface area (TPSA) is 110 Å². The minimum absolute atomic E-state index is 0.154. The summed E-state index contributed by atoms with van der Waals surface area (Å²) < 4.78 is 27.4. The van der Waals surface area contributed by atoms with E-state index < -0.39 is 14.9 Å². The van der Waals surface area contributed by atoms with Crippen molar-refractivity contribution < 1.29 is 18.1 Å². The molecule has 8 nitrogen and oxygen atoms in total. The summed E-state index contributed by atoms with van der Waals surface area (Å²) in [4.78, 5) is 25.5. The summed E-state index contributed by atoms with van der Waals surface area (Å²) >= 11 is 1.58. The highest BCUT2D eigenvalue weighted by Gasteiger charge is 2.19. The number of carbonyl (C=O) groups is 1. The normalized spacial score (nSPS) is 11.1. The molecule has 0 aliphatic heterocycles. The number of rotatable bonds is 8. The van der Waals surface area contributed by atoms with Gasteiger partial charge in [0.05, 0.1) is 16.4 Å². The summed E-state index contributed by atoms with van der Waals surface area (Å²) in [6, 6.07) is 14.8. The second kappa shape index (κ2) is 9.06. The zero-order valence-corrected chi connectivity index (χ0v) is 17.7. The van der Waals surface area contributed by atoms with Crippen molar-refractivity contribution in [3.63, 3.8) is 0 Å². The van der Waals surface area contributed by atoms with E-state index in [1.165, 1.54) is 30.3 Å². The highest BCUT2D eigenvalue weighted by Crippen LogP contribution is 2.21. The summed E-state index contributed by atoms with van der Waals surface area (Å²) in [6.45, 7) is 2.94. The molecule has 1 N–H and O–H groups in total. The maximum atomic E-state index is 12.7. The third kappa shape index (κ3) is 5.02. The van der Waals surface area contributed by atoms with E-state index in [1.54, 1.807) is 28.4 Å². The fourth-order valence-corrected chi connectivity index (χ4v) is 4.58. The van der Waals surface area contributed by atoms with Gasteiger partial charge in [0.1, 0.15) is 0 Å². The first-order valence-electron chi connectivity index (χ1n) is 8.99. The largest absolute Gasteiger partial charge is 0.334 e. The molecule has 0 bridgehead atoms. The van der Waals surface area contributed by atoms with E-state index in [9.17, 15) is 23.3 Å². The quantitative estimate of drug-likeness (QED) is 0.414. The number of hydrogen-bond acceptors (Lipinski definition) is 6. The lowest BCUT2D eigenvalue weighted by atomic mass is 10.2. The number of benzene rings is 2. The van der Waals surface area contributed by atoms with Crippen LogP contribution in [0.25, 0.3) is 0 Å². The van der Waals surface area contributed by atoms with E-state index in [0.29, 0.717) is 18.7 Å². The van der Waals surface area contributed by atoms with E-state index in [1.807, 2.05) is 24.4 Å². The number of amides is 1. The SMILES string of the molecule is CCN(Cc1cccs1)C(=O)c1ccc(NS(=O)(=O)c2cccc([N+](=O)[O-])c2)cc1. The van der Waals surface area contributed by atoms with Crippen LogP contribution < -0.4 is 4.72 Å². The molecule has 0 fully saturated rings. The van der Waals surface area contributed by atoms with Crippen LogP contribution in [-0.2, 0) is 16.6 Å². The predicted molar refractivity (Wildman–Crippen MR) is 115 cm³/mol. The first kappa shape index (κ1) is 21.5. The lowest BCUT2D eigenvalue weighted by molar-refractivity contribution is -0.385. The van der Waals surface area contributed by atoms with Gasteiger partial charge in [-0.25, -0.2) is 8.42 Å². The van der Waals surface area contributed by atoms with E-state index in [2.05, 4.69) is 4.72 Å². The number of nitro benzene ring substituents is 1. The summed E-state index contributed by atoms with van der Waals surface area (Å²) in [6.07, 6.45) is 0. The standard InChI is InChI=1S/C20H19N3O5S2/c1-2-22(14-18-6-4-12-29-18)20(24)15-8-10-16(11-9-15)21-30(27,28)19-7-3-5-17(13-19)23(25)26/h3-13,21H,2,14H2,1H3. The van der Waals surface area contributed by atoms with Crippen LogP contribution in [0.2, 0.25) is 0 Å². The lowest BCUT2D eigenvalue weighted by Crippen LogP contribution is -2.29. The monoisotopic (exact) mass is 445 g/mol.